The van der Waals surface area contributed by atoms with Gasteiger partial charge in [-0.3, -0.25) is 4.79 Å². The van der Waals surface area contributed by atoms with Crippen LogP contribution in [0.25, 0.3) is 0 Å². The zero-order valence-corrected chi connectivity index (χ0v) is 25.7. The lowest BCUT2D eigenvalue weighted by atomic mass is 9.84. The third-order valence-corrected chi connectivity index (χ3v) is 6.81. The molecule has 11 N–H and O–H groups in total. The second kappa shape index (κ2) is 18.7. The maximum atomic E-state index is 11.5. The van der Waals surface area contributed by atoms with Crippen LogP contribution >= 0.6 is 9.24 Å². The summed E-state index contributed by atoms with van der Waals surface area (Å²) in [6, 6.07) is 0. The number of amides is 1. The lowest BCUT2D eigenvalue weighted by Gasteiger charge is -2.46. The van der Waals surface area contributed by atoms with Crippen LogP contribution in [-0.4, -0.2) is 150 Å². The van der Waals surface area contributed by atoms with Gasteiger partial charge in [0.15, 0.2) is 0 Å². The van der Waals surface area contributed by atoms with Gasteiger partial charge in [0, 0.05) is 32.2 Å². The number of hydrogen-bond acceptors (Lipinski definition) is 14. The Morgan fingerprint density at radius 1 is 1.02 bits per heavy atom. The Morgan fingerprint density at radius 2 is 1.49 bits per heavy atom. The van der Waals surface area contributed by atoms with E-state index in [0.29, 0.717) is 0 Å². The number of carboxylic acids is 2. The summed E-state index contributed by atoms with van der Waals surface area (Å²) >= 11 is 0. The van der Waals surface area contributed by atoms with Crippen molar-refractivity contribution in [3.05, 3.63) is 11.8 Å². The third kappa shape index (κ3) is 12.1. The summed E-state index contributed by atoms with van der Waals surface area (Å²) in [6.07, 6.45) is -9.77. The number of carbonyl (C=O) groups excluding carboxylic acids is 1. The quantitative estimate of drug-likeness (QED) is 0.102. The molecule has 0 spiro atoms. The van der Waals surface area contributed by atoms with Gasteiger partial charge in [-0.2, -0.15) is 0 Å². The minimum absolute atomic E-state index is 0.00463. The number of rotatable bonds is 10. The molecule has 1 saturated heterocycles. The summed E-state index contributed by atoms with van der Waals surface area (Å²) < 4.78 is 15.7. The highest BCUT2D eigenvalue weighted by molar-refractivity contribution is 7.17. The summed E-state index contributed by atoms with van der Waals surface area (Å²) in [4.78, 5) is 31.9. The molecule has 18 heteroatoms. The van der Waals surface area contributed by atoms with Gasteiger partial charge in [0.25, 0.3) is 5.79 Å². The first-order valence-corrected chi connectivity index (χ1v) is 13.9. The molecule has 0 bridgehead atoms. The van der Waals surface area contributed by atoms with Crippen molar-refractivity contribution in [3.63, 3.8) is 0 Å². The molecular formula is C25H46NO16P. The number of carbonyl (C=O) groups is 3. The van der Waals surface area contributed by atoms with Crippen molar-refractivity contribution < 1.29 is 79.7 Å². The third-order valence-electron chi connectivity index (χ3n) is 6.67. The van der Waals surface area contributed by atoms with Gasteiger partial charge in [0.2, 0.25) is 11.7 Å². The van der Waals surface area contributed by atoms with Gasteiger partial charge < -0.3 is 70.6 Å². The van der Waals surface area contributed by atoms with Crippen molar-refractivity contribution in [2.45, 2.75) is 94.6 Å². The van der Waals surface area contributed by atoms with E-state index in [1.807, 2.05) is 0 Å². The van der Waals surface area contributed by atoms with E-state index in [1.165, 1.54) is 13.8 Å². The van der Waals surface area contributed by atoms with Crippen LogP contribution < -0.4 is 5.32 Å². The van der Waals surface area contributed by atoms with Crippen LogP contribution in [-0.2, 0) is 28.6 Å². The highest BCUT2D eigenvalue weighted by Gasteiger charge is 2.54. The van der Waals surface area contributed by atoms with E-state index in [4.69, 9.17) is 29.5 Å². The first kappa shape index (κ1) is 41.0. The van der Waals surface area contributed by atoms with Gasteiger partial charge in [0.1, 0.15) is 30.5 Å². The van der Waals surface area contributed by atoms with Crippen LogP contribution in [0.2, 0.25) is 0 Å². The Bertz CT molecular complexity index is 922. The minimum atomic E-state index is -2.12. The lowest BCUT2D eigenvalue weighted by molar-refractivity contribution is -0.320. The summed E-state index contributed by atoms with van der Waals surface area (Å²) in [6.45, 7) is 4.74. The lowest BCUT2D eigenvalue weighted by Crippen LogP contribution is -2.61. The molecule has 0 aromatic heterocycles. The van der Waals surface area contributed by atoms with Crippen molar-refractivity contribution >= 4 is 27.1 Å². The summed E-state index contributed by atoms with van der Waals surface area (Å²) in [5, 5.41) is 96.2. The Hall–Kier alpha value is -2.02. The zero-order chi connectivity index (χ0) is 33.8. The number of ether oxygens (including phenoxy) is 3. The van der Waals surface area contributed by atoms with Crippen LogP contribution in [0.4, 0.5) is 0 Å². The maximum absolute atomic E-state index is 11.5. The van der Waals surface area contributed by atoms with Gasteiger partial charge in [-0.1, -0.05) is 13.8 Å². The number of aliphatic carboxylic acids is 2. The Morgan fingerprint density at radius 3 is 1.86 bits per heavy atom. The number of aliphatic hydroxyl groups is 8. The molecule has 1 amide bonds. The molecule has 0 aromatic carbocycles. The molecule has 1 fully saturated rings. The van der Waals surface area contributed by atoms with Crippen LogP contribution in [0.15, 0.2) is 11.8 Å². The van der Waals surface area contributed by atoms with E-state index in [9.17, 15) is 50.1 Å². The Kier molecular flexibility index (Phi) is 17.8. The molecule has 0 radical (unpaired) electrons. The SMILES string of the molecule is CC(P)O[C@@]1(C(=O)O)C[C@@H](O)[C@@H](C)C([C@H](O)[C@H](O)CO)O1.CNC(C)=O.C[C@H]1C([C@H](O)[C@H](O)CO)OC(C(=O)O)=C[C@H]1O. The van der Waals surface area contributed by atoms with Crippen LogP contribution in [0.3, 0.4) is 0 Å². The Labute approximate surface area is 250 Å². The molecule has 17 nitrogen and oxygen atoms in total. The van der Waals surface area contributed by atoms with Crippen molar-refractivity contribution in [2.24, 2.45) is 11.8 Å². The largest absolute Gasteiger partial charge is 0.480 e. The summed E-state index contributed by atoms with van der Waals surface area (Å²) in [5.74, 6) is -7.21. The molecule has 13 atom stereocenters. The van der Waals surface area contributed by atoms with Crippen molar-refractivity contribution in [1.29, 1.82) is 0 Å². The van der Waals surface area contributed by atoms with Gasteiger partial charge in [0.05, 0.1) is 37.4 Å². The first-order valence-electron chi connectivity index (χ1n) is 13.2. The number of nitrogens with one attached hydrogen (secondary N) is 1. The maximum Gasteiger partial charge on any atom is 0.370 e. The average Bonchev–Trinajstić information content (AvgIpc) is 2.94. The smallest absolute Gasteiger partial charge is 0.370 e. The minimum Gasteiger partial charge on any atom is -0.480 e. The van der Waals surface area contributed by atoms with Crippen LogP contribution in [0.5, 0.6) is 0 Å². The van der Waals surface area contributed by atoms with Gasteiger partial charge in [-0.05, 0) is 13.0 Å². The zero-order valence-electron chi connectivity index (χ0n) is 24.5. The number of aliphatic hydroxyl groups excluding tert-OH is 8. The van der Waals surface area contributed by atoms with E-state index < -0.39 is 103 Å². The first-order chi connectivity index (χ1) is 19.8. The molecule has 0 aliphatic carbocycles. The number of hydrogen-bond donors (Lipinski definition) is 11. The normalized spacial score (nSPS) is 32.0. The standard InChI is InChI=1S/C12H23O8P.C10H16O7.C3H7NO/c1-5-7(14)3-12(11(17)18,19-6(2)21)20-10(5)9(16)8(15)4-13;1-4-5(12)2-7(10(15)16)17-9(4)8(14)6(13)3-11;1-3(5)4-2/h5-10,13-16H,3-4,21H2,1-2H3,(H,17,18);2,4-6,8-9,11-14H,3H2,1H3,(H,15,16);1-2H3,(H,4,5)/t5-,6?,7-,8-,9-,10?,12+;4-,5-,6-,8-,9?;/m11./s1. The number of carboxylic acid groups (broad SMARTS) is 2. The highest BCUT2D eigenvalue weighted by Crippen LogP contribution is 2.37. The van der Waals surface area contributed by atoms with E-state index in [0.717, 1.165) is 6.08 Å². The highest BCUT2D eigenvalue weighted by atomic mass is 31.0. The van der Waals surface area contributed by atoms with Gasteiger partial charge in [-0.15, -0.1) is 9.24 Å². The van der Waals surface area contributed by atoms with Crippen LogP contribution in [0, 0.1) is 11.8 Å². The summed E-state index contributed by atoms with van der Waals surface area (Å²) in [5.41, 5.74) is 0. The predicted molar refractivity (Wildman–Crippen MR) is 149 cm³/mol. The molecule has 0 aromatic rings. The molecule has 2 aliphatic rings. The van der Waals surface area contributed by atoms with Crippen molar-refractivity contribution in [3.8, 4) is 0 Å². The Balaban J connectivity index is 0.000000720. The van der Waals surface area contributed by atoms with Crippen molar-refractivity contribution in [2.75, 3.05) is 20.3 Å². The molecular weight excluding hydrogens is 601 g/mol. The monoisotopic (exact) mass is 647 g/mol. The van der Waals surface area contributed by atoms with E-state index in [-0.39, 0.29) is 12.3 Å². The topological polar surface area (TPSA) is 293 Å². The molecule has 4 unspecified atom stereocenters. The van der Waals surface area contributed by atoms with E-state index in [2.05, 4.69) is 14.6 Å². The molecule has 43 heavy (non-hydrogen) atoms. The van der Waals surface area contributed by atoms with Crippen molar-refractivity contribution in [1.82, 2.24) is 5.32 Å². The van der Waals surface area contributed by atoms with Crippen LogP contribution in [0.1, 0.15) is 34.1 Å². The molecule has 2 aliphatic heterocycles. The fraction of sp³-hybridized carbons (Fsp3) is 0.800. The van der Waals surface area contributed by atoms with Gasteiger partial charge >= 0.3 is 11.9 Å². The fourth-order valence-corrected chi connectivity index (χ4v) is 4.17. The van der Waals surface area contributed by atoms with E-state index >= 15 is 0 Å². The molecule has 252 valence electrons. The second-order valence-corrected chi connectivity index (χ2v) is 11.1. The molecule has 2 rings (SSSR count). The summed E-state index contributed by atoms with van der Waals surface area (Å²) in [7, 11) is 3.85. The predicted octanol–water partition coefficient (Wildman–Crippen LogP) is -3.68. The molecule has 2 heterocycles. The molecule has 0 saturated carbocycles. The van der Waals surface area contributed by atoms with Gasteiger partial charge in [-0.25, -0.2) is 9.59 Å². The average molecular weight is 648 g/mol. The second-order valence-electron chi connectivity index (χ2n) is 10.1. The van der Waals surface area contributed by atoms with E-state index in [1.54, 1.807) is 20.9 Å². The fourth-order valence-electron chi connectivity index (χ4n) is 3.95.